The molecular formula is C17H15N3S. The van der Waals surface area contributed by atoms with Gasteiger partial charge in [-0.2, -0.15) is 0 Å². The topological polar surface area (TPSA) is 29.3 Å². The minimum absolute atomic E-state index is 0.843. The Morgan fingerprint density at radius 2 is 1.76 bits per heavy atom. The van der Waals surface area contributed by atoms with Crippen molar-refractivity contribution in [3.05, 3.63) is 71.2 Å². The van der Waals surface area contributed by atoms with E-state index in [0.717, 1.165) is 23.6 Å². The van der Waals surface area contributed by atoms with Crippen molar-refractivity contribution in [1.82, 2.24) is 14.7 Å². The zero-order chi connectivity index (χ0) is 14.1. The molecule has 4 heteroatoms. The van der Waals surface area contributed by atoms with Crippen LogP contribution in [0.5, 0.6) is 0 Å². The normalized spacial score (nSPS) is 11.4. The second-order valence-corrected chi connectivity index (χ2v) is 5.87. The molecule has 0 saturated heterocycles. The van der Waals surface area contributed by atoms with Gasteiger partial charge in [-0.25, -0.2) is 4.98 Å². The molecule has 0 aliphatic heterocycles. The zero-order valence-corrected chi connectivity index (χ0v) is 12.3. The number of benzene rings is 2. The highest BCUT2D eigenvalue weighted by Gasteiger charge is 2.09. The van der Waals surface area contributed by atoms with Crippen molar-refractivity contribution < 1.29 is 0 Å². The number of nitrogens with zero attached hydrogens (tertiary/aromatic N) is 2. The molecule has 0 aliphatic rings. The van der Waals surface area contributed by atoms with Crippen molar-refractivity contribution in [3.63, 3.8) is 0 Å². The lowest BCUT2D eigenvalue weighted by Crippen LogP contribution is -2.13. The van der Waals surface area contributed by atoms with Crippen molar-refractivity contribution >= 4 is 27.3 Å². The van der Waals surface area contributed by atoms with Crippen molar-refractivity contribution in [2.75, 3.05) is 0 Å². The fourth-order valence-electron chi connectivity index (χ4n) is 2.59. The summed E-state index contributed by atoms with van der Waals surface area (Å²) in [4.78, 5) is 5.72. The van der Waals surface area contributed by atoms with E-state index >= 15 is 0 Å². The van der Waals surface area contributed by atoms with Gasteiger partial charge in [-0.3, -0.25) is 4.40 Å². The van der Waals surface area contributed by atoms with Crippen LogP contribution in [0.1, 0.15) is 11.3 Å². The first-order valence-corrected chi connectivity index (χ1v) is 7.88. The molecule has 0 fully saturated rings. The van der Waals surface area contributed by atoms with E-state index in [1.807, 2.05) is 12.1 Å². The summed E-state index contributed by atoms with van der Waals surface area (Å²) in [6.07, 6.45) is 0. The van der Waals surface area contributed by atoms with E-state index in [1.54, 1.807) is 11.3 Å². The summed E-state index contributed by atoms with van der Waals surface area (Å²) in [5.41, 5.74) is 4.82. The van der Waals surface area contributed by atoms with Gasteiger partial charge in [0.1, 0.15) is 0 Å². The predicted octanol–water partition coefficient (Wildman–Crippen LogP) is 3.84. The van der Waals surface area contributed by atoms with Crippen LogP contribution in [0.2, 0.25) is 0 Å². The second-order valence-electron chi connectivity index (χ2n) is 5.03. The minimum atomic E-state index is 0.843. The predicted molar refractivity (Wildman–Crippen MR) is 87.6 cm³/mol. The molecular weight excluding hydrogens is 278 g/mol. The van der Waals surface area contributed by atoms with Gasteiger partial charge in [0.2, 0.25) is 0 Å². The van der Waals surface area contributed by atoms with Gasteiger partial charge in [-0.05, 0) is 17.7 Å². The molecule has 3 nitrogen and oxygen atoms in total. The number of thiazole rings is 1. The molecule has 0 radical (unpaired) electrons. The largest absolute Gasteiger partial charge is 0.307 e. The Kier molecular flexibility index (Phi) is 3.18. The highest BCUT2D eigenvalue weighted by molar-refractivity contribution is 7.15. The van der Waals surface area contributed by atoms with E-state index in [4.69, 9.17) is 0 Å². The Morgan fingerprint density at radius 1 is 0.952 bits per heavy atom. The van der Waals surface area contributed by atoms with Crippen molar-refractivity contribution in [2.24, 2.45) is 0 Å². The summed E-state index contributed by atoms with van der Waals surface area (Å²) in [6, 6.07) is 18.8. The highest BCUT2D eigenvalue weighted by Crippen LogP contribution is 2.23. The summed E-state index contributed by atoms with van der Waals surface area (Å²) < 4.78 is 2.25. The van der Waals surface area contributed by atoms with Crippen LogP contribution < -0.4 is 5.32 Å². The van der Waals surface area contributed by atoms with Crippen molar-refractivity contribution in [2.45, 2.75) is 13.1 Å². The third-order valence-corrected chi connectivity index (χ3v) is 4.47. The molecule has 0 aliphatic carbocycles. The van der Waals surface area contributed by atoms with Gasteiger partial charge in [-0.15, -0.1) is 11.3 Å². The highest BCUT2D eigenvalue weighted by atomic mass is 32.1. The molecule has 0 bridgehead atoms. The monoisotopic (exact) mass is 293 g/mol. The molecule has 2 aromatic heterocycles. The lowest BCUT2D eigenvalue weighted by molar-refractivity contribution is 0.678. The molecule has 104 valence electrons. The lowest BCUT2D eigenvalue weighted by Gasteiger charge is -2.04. The van der Waals surface area contributed by atoms with E-state index in [1.165, 1.54) is 16.8 Å². The van der Waals surface area contributed by atoms with Gasteiger partial charge in [-0.1, -0.05) is 42.5 Å². The third kappa shape index (κ3) is 2.33. The Morgan fingerprint density at radius 3 is 2.67 bits per heavy atom. The summed E-state index contributed by atoms with van der Waals surface area (Å²) in [5, 5.41) is 5.70. The first-order chi connectivity index (χ1) is 10.4. The zero-order valence-electron chi connectivity index (χ0n) is 11.5. The molecule has 21 heavy (non-hydrogen) atoms. The van der Waals surface area contributed by atoms with Gasteiger partial charge in [0.05, 0.1) is 11.0 Å². The fraction of sp³-hybridized carbons (Fsp3) is 0.118. The average Bonchev–Trinajstić information content (AvgIpc) is 3.08. The smallest absolute Gasteiger partial charge is 0.194 e. The first kappa shape index (κ1) is 12.6. The van der Waals surface area contributed by atoms with E-state index in [9.17, 15) is 0 Å². The maximum atomic E-state index is 4.66. The molecule has 1 N–H and O–H groups in total. The number of aromatic nitrogens is 2. The first-order valence-electron chi connectivity index (χ1n) is 7.00. The van der Waals surface area contributed by atoms with Crippen LogP contribution >= 0.6 is 11.3 Å². The summed E-state index contributed by atoms with van der Waals surface area (Å²) >= 11 is 1.70. The number of imidazole rings is 1. The summed E-state index contributed by atoms with van der Waals surface area (Å²) in [7, 11) is 0. The molecule has 0 amide bonds. The maximum Gasteiger partial charge on any atom is 0.194 e. The van der Waals surface area contributed by atoms with Crippen LogP contribution in [-0.4, -0.2) is 9.38 Å². The van der Waals surface area contributed by atoms with Crippen LogP contribution in [-0.2, 0) is 13.1 Å². The Balaban J connectivity index is 1.59. The fourth-order valence-corrected chi connectivity index (χ4v) is 3.49. The number of nitrogens with one attached hydrogen (secondary N) is 1. The van der Waals surface area contributed by atoms with Crippen LogP contribution in [0, 0.1) is 0 Å². The van der Waals surface area contributed by atoms with Crippen molar-refractivity contribution in [1.29, 1.82) is 0 Å². The van der Waals surface area contributed by atoms with Crippen LogP contribution in [0.3, 0.4) is 0 Å². The number of hydrogen-bond acceptors (Lipinski definition) is 3. The minimum Gasteiger partial charge on any atom is -0.307 e. The second kappa shape index (κ2) is 5.31. The Bertz CT molecular complexity index is 877. The molecule has 0 atom stereocenters. The Labute approximate surface area is 126 Å². The molecule has 4 rings (SSSR count). The van der Waals surface area contributed by atoms with Crippen LogP contribution in [0.25, 0.3) is 16.0 Å². The molecule has 0 saturated carbocycles. The summed E-state index contributed by atoms with van der Waals surface area (Å²) in [5.74, 6) is 0. The van der Waals surface area contributed by atoms with Crippen LogP contribution in [0.4, 0.5) is 0 Å². The number of rotatable bonds is 4. The van der Waals surface area contributed by atoms with Gasteiger partial charge >= 0.3 is 0 Å². The Hall–Kier alpha value is -2.17. The lowest BCUT2D eigenvalue weighted by atomic mass is 10.2. The summed E-state index contributed by atoms with van der Waals surface area (Å²) in [6.45, 7) is 1.72. The van der Waals surface area contributed by atoms with Gasteiger partial charge in [0.25, 0.3) is 0 Å². The molecule has 2 aromatic carbocycles. The number of fused-ring (bicyclic) bond motifs is 3. The van der Waals surface area contributed by atoms with Gasteiger partial charge in [0.15, 0.2) is 4.96 Å². The average molecular weight is 293 g/mol. The van der Waals surface area contributed by atoms with E-state index in [2.05, 4.69) is 62.5 Å². The van der Waals surface area contributed by atoms with Crippen LogP contribution in [0.15, 0.2) is 60.0 Å². The van der Waals surface area contributed by atoms with E-state index in [0.29, 0.717) is 0 Å². The molecule has 0 spiro atoms. The molecule has 4 aromatic rings. The number of hydrogen-bond donors (Lipinski definition) is 1. The maximum absolute atomic E-state index is 4.66. The van der Waals surface area contributed by atoms with Crippen molar-refractivity contribution in [3.8, 4) is 0 Å². The van der Waals surface area contributed by atoms with Gasteiger partial charge in [0, 0.05) is 24.2 Å². The molecule has 0 unspecified atom stereocenters. The van der Waals surface area contributed by atoms with E-state index in [-0.39, 0.29) is 0 Å². The third-order valence-electron chi connectivity index (χ3n) is 3.60. The quantitative estimate of drug-likeness (QED) is 0.619. The molecule has 2 heterocycles. The SMILES string of the molecule is c1ccc(CNCc2csc3nc4ccccc4n23)cc1. The number of para-hydroxylation sites is 2. The van der Waals surface area contributed by atoms with E-state index < -0.39 is 0 Å². The standard InChI is InChI=1S/C17H15N3S/c1-2-6-13(7-3-1)10-18-11-14-12-21-17-19-15-8-4-5-9-16(15)20(14)17/h1-9,12,18H,10-11H2. The van der Waals surface area contributed by atoms with Gasteiger partial charge < -0.3 is 5.32 Å².